The second-order valence-corrected chi connectivity index (χ2v) is 2.51. The summed E-state index contributed by atoms with van der Waals surface area (Å²) in [5.41, 5.74) is 1.12. The van der Waals surface area contributed by atoms with Crippen LogP contribution in [0.3, 0.4) is 0 Å². The first kappa shape index (κ1) is 6.97. The van der Waals surface area contributed by atoms with Crippen molar-refractivity contribution in [2.75, 3.05) is 0 Å². The molecule has 1 rings (SSSR count). The highest BCUT2D eigenvalue weighted by Gasteiger charge is 2.09. The molecular weight excluding hydrogens is 120 g/mol. The minimum absolute atomic E-state index is 0.428. The van der Waals surface area contributed by atoms with E-state index in [4.69, 9.17) is 12.8 Å². The summed E-state index contributed by atoms with van der Waals surface area (Å²) in [6.07, 6.45) is 15.6. The van der Waals surface area contributed by atoms with Crippen molar-refractivity contribution >= 4 is 0 Å². The maximum atomic E-state index is 5.26. The minimum Gasteiger partial charge on any atom is -0.120 e. The van der Waals surface area contributed by atoms with Crippen LogP contribution in [0, 0.1) is 30.6 Å². The highest BCUT2D eigenvalue weighted by Crippen LogP contribution is 2.21. The van der Waals surface area contributed by atoms with Gasteiger partial charge in [0, 0.05) is 5.92 Å². The number of terminal acetylenes is 2. The molecule has 0 aromatic carbocycles. The Hall–Kier alpha value is -1.14. The molecule has 1 atom stereocenters. The van der Waals surface area contributed by atoms with Gasteiger partial charge >= 0.3 is 0 Å². The van der Waals surface area contributed by atoms with Crippen LogP contribution in [0.1, 0.15) is 19.3 Å². The van der Waals surface area contributed by atoms with Crippen LogP contribution in [0.5, 0.6) is 0 Å². The smallest absolute Gasteiger partial charge is 0.0238 e. The van der Waals surface area contributed by atoms with Crippen molar-refractivity contribution in [1.82, 2.24) is 0 Å². The summed E-state index contributed by atoms with van der Waals surface area (Å²) in [6.45, 7) is 0. The molecule has 0 saturated heterocycles. The van der Waals surface area contributed by atoms with Crippen molar-refractivity contribution in [1.29, 1.82) is 0 Å². The van der Waals surface area contributed by atoms with E-state index in [9.17, 15) is 0 Å². The molecule has 0 aliphatic heterocycles. The molecule has 0 N–H and O–H groups in total. The van der Waals surface area contributed by atoms with Gasteiger partial charge in [-0.15, -0.1) is 18.8 Å². The first-order valence-corrected chi connectivity index (χ1v) is 3.48. The zero-order valence-corrected chi connectivity index (χ0v) is 5.93. The highest BCUT2D eigenvalue weighted by atomic mass is 14.1. The van der Waals surface area contributed by atoms with E-state index in [0.29, 0.717) is 5.92 Å². The van der Waals surface area contributed by atoms with Crippen LogP contribution in [0.15, 0.2) is 11.6 Å². The summed E-state index contributed by atoms with van der Waals surface area (Å²) in [5.74, 6) is 5.80. The van der Waals surface area contributed by atoms with Gasteiger partial charge in [0.1, 0.15) is 0 Å². The fourth-order valence-electron chi connectivity index (χ4n) is 1.12. The Kier molecular flexibility index (Phi) is 2.19. The molecule has 0 heteroatoms. The third-order valence-corrected chi connectivity index (χ3v) is 1.83. The first-order valence-electron chi connectivity index (χ1n) is 3.48. The molecule has 1 aliphatic carbocycles. The molecule has 50 valence electrons. The van der Waals surface area contributed by atoms with Crippen LogP contribution in [0.25, 0.3) is 0 Å². The summed E-state index contributed by atoms with van der Waals surface area (Å²) in [5, 5.41) is 0. The summed E-state index contributed by atoms with van der Waals surface area (Å²) in [6, 6.07) is 0. The molecule has 0 amide bonds. The van der Waals surface area contributed by atoms with Gasteiger partial charge < -0.3 is 0 Å². The van der Waals surface area contributed by atoms with Crippen LogP contribution in [-0.2, 0) is 0 Å². The largest absolute Gasteiger partial charge is 0.120 e. The van der Waals surface area contributed by atoms with Crippen LogP contribution >= 0.6 is 0 Å². The van der Waals surface area contributed by atoms with Crippen LogP contribution in [0.4, 0.5) is 0 Å². The van der Waals surface area contributed by atoms with Crippen molar-refractivity contribution in [3.8, 4) is 24.7 Å². The second-order valence-electron chi connectivity index (χ2n) is 2.51. The molecule has 0 radical (unpaired) electrons. The molecule has 0 saturated carbocycles. The summed E-state index contributed by atoms with van der Waals surface area (Å²) >= 11 is 0. The van der Waals surface area contributed by atoms with Gasteiger partial charge in [0.15, 0.2) is 0 Å². The van der Waals surface area contributed by atoms with E-state index in [1.165, 1.54) is 0 Å². The molecule has 0 fully saturated rings. The first-order chi connectivity index (χ1) is 4.86. The molecule has 1 unspecified atom stereocenters. The number of hydrogen-bond donors (Lipinski definition) is 0. The van der Waals surface area contributed by atoms with Crippen molar-refractivity contribution in [2.45, 2.75) is 19.3 Å². The van der Waals surface area contributed by atoms with E-state index < -0.39 is 0 Å². The molecule has 1 aliphatic rings. The number of allylic oxidation sites excluding steroid dienone is 2. The Labute approximate surface area is 62.3 Å². The average molecular weight is 130 g/mol. The van der Waals surface area contributed by atoms with Crippen LogP contribution < -0.4 is 0 Å². The molecule has 0 aromatic heterocycles. The lowest BCUT2D eigenvalue weighted by Crippen LogP contribution is -2.01. The lowest BCUT2D eigenvalue weighted by Gasteiger charge is -2.13. The van der Waals surface area contributed by atoms with Gasteiger partial charge in [-0.05, 0) is 24.8 Å². The standard InChI is InChI=1S/C10H10/c1-3-9-5-7-10(4-2)8-6-9/h1-2,5,10H,6-8H2. The Balaban J connectivity index is 2.56. The molecule has 0 bridgehead atoms. The monoisotopic (exact) mass is 130 g/mol. The SMILES string of the molecule is C#CC1=CCC(C#C)CC1. The molecule has 0 heterocycles. The average Bonchev–Trinajstić information content (AvgIpc) is 2.05. The second kappa shape index (κ2) is 3.14. The maximum absolute atomic E-state index is 5.26. The van der Waals surface area contributed by atoms with Crippen molar-refractivity contribution in [2.24, 2.45) is 5.92 Å². The molecular formula is C10H10. The van der Waals surface area contributed by atoms with Gasteiger partial charge in [-0.2, -0.15) is 0 Å². The van der Waals surface area contributed by atoms with Gasteiger partial charge in [-0.3, -0.25) is 0 Å². The molecule has 0 nitrogen and oxygen atoms in total. The number of hydrogen-bond acceptors (Lipinski definition) is 0. The lowest BCUT2D eigenvalue weighted by atomic mass is 9.91. The zero-order valence-electron chi connectivity index (χ0n) is 5.93. The van der Waals surface area contributed by atoms with Gasteiger partial charge in [-0.25, -0.2) is 0 Å². The third-order valence-electron chi connectivity index (χ3n) is 1.83. The van der Waals surface area contributed by atoms with E-state index in [1.54, 1.807) is 0 Å². The maximum Gasteiger partial charge on any atom is 0.0238 e. The van der Waals surface area contributed by atoms with Crippen molar-refractivity contribution in [3.05, 3.63) is 11.6 Å². The quantitative estimate of drug-likeness (QED) is 0.440. The number of rotatable bonds is 0. The topological polar surface area (TPSA) is 0 Å². The summed E-state index contributed by atoms with van der Waals surface area (Å²) < 4.78 is 0. The van der Waals surface area contributed by atoms with E-state index in [0.717, 1.165) is 24.8 Å². The minimum atomic E-state index is 0.428. The Morgan fingerprint density at radius 3 is 2.70 bits per heavy atom. The Morgan fingerprint density at radius 1 is 1.50 bits per heavy atom. The van der Waals surface area contributed by atoms with Gasteiger partial charge in [0.05, 0.1) is 0 Å². The Bertz CT molecular complexity index is 219. The molecule has 0 spiro atoms. The van der Waals surface area contributed by atoms with Crippen LogP contribution in [-0.4, -0.2) is 0 Å². The van der Waals surface area contributed by atoms with Crippen molar-refractivity contribution in [3.63, 3.8) is 0 Å². The van der Waals surface area contributed by atoms with Gasteiger partial charge in [-0.1, -0.05) is 12.0 Å². The summed E-state index contributed by atoms with van der Waals surface area (Å²) in [7, 11) is 0. The zero-order chi connectivity index (χ0) is 7.40. The summed E-state index contributed by atoms with van der Waals surface area (Å²) in [4.78, 5) is 0. The highest BCUT2D eigenvalue weighted by molar-refractivity contribution is 5.27. The fraction of sp³-hybridized carbons (Fsp3) is 0.400. The third kappa shape index (κ3) is 1.42. The normalized spacial score (nSPS) is 24.2. The fourth-order valence-corrected chi connectivity index (χ4v) is 1.12. The van der Waals surface area contributed by atoms with Crippen LogP contribution in [0.2, 0.25) is 0 Å². The van der Waals surface area contributed by atoms with Gasteiger partial charge in [0.2, 0.25) is 0 Å². The lowest BCUT2D eigenvalue weighted by molar-refractivity contribution is 0.594. The Morgan fingerprint density at radius 2 is 2.30 bits per heavy atom. The molecule has 10 heavy (non-hydrogen) atoms. The van der Waals surface area contributed by atoms with E-state index in [2.05, 4.69) is 17.9 Å². The van der Waals surface area contributed by atoms with E-state index in [-0.39, 0.29) is 0 Å². The predicted octanol–water partition coefficient (Wildman–Crippen LogP) is 1.98. The van der Waals surface area contributed by atoms with Gasteiger partial charge in [0.25, 0.3) is 0 Å². The van der Waals surface area contributed by atoms with Crippen molar-refractivity contribution < 1.29 is 0 Å². The predicted molar refractivity (Wildman–Crippen MR) is 43.1 cm³/mol. The van der Waals surface area contributed by atoms with E-state index in [1.807, 2.05) is 0 Å². The molecule has 0 aromatic rings. The van der Waals surface area contributed by atoms with E-state index >= 15 is 0 Å².